The summed E-state index contributed by atoms with van der Waals surface area (Å²) in [6.45, 7) is -0.132. The van der Waals surface area contributed by atoms with Gasteiger partial charge in [-0.05, 0) is 41.0 Å². The van der Waals surface area contributed by atoms with Crippen LogP contribution in [-0.4, -0.2) is 28.1 Å². The number of hydrogen-bond acceptors (Lipinski definition) is 4. The van der Waals surface area contributed by atoms with Crippen LogP contribution in [-0.2, 0) is 11.3 Å². The molecule has 0 saturated carbocycles. The zero-order chi connectivity index (χ0) is 22.7. The van der Waals surface area contributed by atoms with E-state index in [1.54, 1.807) is 12.1 Å². The summed E-state index contributed by atoms with van der Waals surface area (Å²) in [6.07, 6.45) is 1.48. The van der Waals surface area contributed by atoms with Crippen LogP contribution in [0.2, 0.25) is 0 Å². The first-order chi connectivity index (χ1) is 15.4. The van der Waals surface area contributed by atoms with Gasteiger partial charge in [-0.1, -0.05) is 48.5 Å². The maximum Gasteiger partial charge on any atom is 0.322 e. The van der Waals surface area contributed by atoms with Gasteiger partial charge in [0, 0.05) is 23.8 Å². The Bertz CT molecular complexity index is 1380. The van der Waals surface area contributed by atoms with Crippen molar-refractivity contribution in [3.63, 3.8) is 0 Å². The summed E-state index contributed by atoms with van der Waals surface area (Å²) in [7, 11) is 0. The Kier molecular flexibility index (Phi) is 5.72. The van der Waals surface area contributed by atoms with Crippen molar-refractivity contribution in [2.24, 2.45) is 0 Å². The second kappa shape index (κ2) is 8.77. The molecule has 3 aromatic carbocycles. The summed E-state index contributed by atoms with van der Waals surface area (Å²) in [5.41, 5.74) is 9.23. The van der Waals surface area contributed by atoms with Crippen molar-refractivity contribution in [2.75, 3.05) is 12.3 Å². The van der Waals surface area contributed by atoms with E-state index in [4.69, 9.17) is 10.8 Å². The van der Waals surface area contributed by atoms with Crippen LogP contribution in [0.1, 0.15) is 15.9 Å². The fourth-order valence-corrected chi connectivity index (χ4v) is 3.62. The van der Waals surface area contributed by atoms with Crippen molar-refractivity contribution >= 4 is 28.5 Å². The van der Waals surface area contributed by atoms with Gasteiger partial charge in [0.2, 0.25) is 5.43 Å². The van der Waals surface area contributed by atoms with E-state index in [1.807, 2.05) is 65.2 Å². The fraction of sp³-hybridized carbons (Fsp3) is 0.0800. The molecule has 0 atom stereocenters. The number of nitrogens with zero attached hydrogens (tertiary/aromatic N) is 1. The molecule has 1 aromatic heterocycles. The van der Waals surface area contributed by atoms with E-state index in [1.165, 1.54) is 6.20 Å². The van der Waals surface area contributed by atoms with Crippen LogP contribution < -0.4 is 16.5 Å². The fourth-order valence-electron chi connectivity index (χ4n) is 3.62. The monoisotopic (exact) mass is 427 g/mol. The van der Waals surface area contributed by atoms with Crippen LogP contribution >= 0.6 is 0 Å². The van der Waals surface area contributed by atoms with Crippen molar-refractivity contribution in [3.05, 3.63) is 100 Å². The molecule has 32 heavy (non-hydrogen) atoms. The van der Waals surface area contributed by atoms with E-state index >= 15 is 0 Å². The third-order valence-electron chi connectivity index (χ3n) is 5.14. The molecule has 4 rings (SSSR count). The Hall–Kier alpha value is -4.39. The Labute approximate surface area is 183 Å². The Balaban J connectivity index is 1.88. The number of anilines is 1. The lowest BCUT2D eigenvalue weighted by atomic mass is 10.0. The second-order valence-corrected chi connectivity index (χ2v) is 7.42. The molecule has 0 unspecified atom stereocenters. The van der Waals surface area contributed by atoms with Crippen LogP contribution in [0, 0.1) is 0 Å². The maximum absolute atomic E-state index is 13.2. The molecule has 160 valence electrons. The van der Waals surface area contributed by atoms with E-state index in [9.17, 15) is 14.4 Å². The van der Waals surface area contributed by atoms with Crippen LogP contribution in [0.3, 0.4) is 0 Å². The lowest BCUT2D eigenvalue weighted by molar-refractivity contribution is -0.135. The Morgan fingerprint density at radius 2 is 1.69 bits per heavy atom. The zero-order valence-electron chi connectivity index (χ0n) is 17.1. The summed E-state index contributed by atoms with van der Waals surface area (Å²) < 4.78 is 1.82. The minimum absolute atomic E-state index is 0.112. The predicted molar refractivity (Wildman–Crippen MR) is 124 cm³/mol. The van der Waals surface area contributed by atoms with E-state index in [-0.39, 0.29) is 5.56 Å². The summed E-state index contributed by atoms with van der Waals surface area (Å²) >= 11 is 0. The average molecular weight is 427 g/mol. The number of aliphatic carboxylic acids is 1. The molecule has 0 radical (unpaired) electrons. The van der Waals surface area contributed by atoms with Gasteiger partial charge in [0.15, 0.2) is 0 Å². The molecule has 0 fully saturated rings. The number of aromatic nitrogens is 1. The lowest BCUT2D eigenvalue weighted by Crippen LogP contribution is -2.33. The largest absolute Gasteiger partial charge is 0.480 e. The Morgan fingerprint density at radius 1 is 0.938 bits per heavy atom. The molecular formula is C25H21N3O4. The molecule has 7 nitrogen and oxygen atoms in total. The number of carboxylic acids is 1. The number of nitrogens with one attached hydrogen (secondary N) is 1. The van der Waals surface area contributed by atoms with E-state index in [0.717, 1.165) is 16.7 Å². The number of hydrogen-bond donors (Lipinski definition) is 3. The molecule has 0 bridgehead atoms. The molecule has 0 aliphatic rings. The summed E-state index contributed by atoms with van der Waals surface area (Å²) in [5.74, 6) is -1.91. The molecule has 0 saturated heterocycles. The smallest absolute Gasteiger partial charge is 0.322 e. The Morgan fingerprint density at radius 3 is 2.41 bits per heavy atom. The molecule has 4 N–H and O–H groups in total. The molecular weight excluding hydrogens is 406 g/mol. The number of benzene rings is 3. The number of carboxylic acid groups (broad SMARTS) is 1. The topological polar surface area (TPSA) is 114 Å². The summed E-state index contributed by atoms with van der Waals surface area (Å²) in [5, 5.41) is 11.5. The number of amides is 1. The quantitative estimate of drug-likeness (QED) is 0.409. The first-order valence-corrected chi connectivity index (χ1v) is 9.99. The third-order valence-corrected chi connectivity index (χ3v) is 5.14. The van der Waals surface area contributed by atoms with Gasteiger partial charge in [0.1, 0.15) is 12.1 Å². The van der Waals surface area contributed by atoms with Crippen LogP contribution in [0.5, 0.6) is 0 Å². The number of carbonyl (C=O) groups is 2. The van der Waals surface area contributed by atoms with Gasteiger partial charge in [0.25, 0.3) is 5.91 Å². The standard InChI is InChI=1S/C25H21N3O4/c26-19-8-4-7-17(11-19)18-9-10-22-20(12-18)24(31)21(25(32)27-13-23(29)30)15-28(22)14-16-5-2-1-3-6-16/h1-12,15H,13-14,26H2,(H,27,32)(H,29,30). The highest BCUT2D eigenvalue weighted by Gasteiger charge is 2.17. The van der Waals surface area contributed by atoms with Crippen molar-refractivity contribution in [3.8, 4) is 11.1 Å². The SMILES string of the molecule is Nc1cccc(-c2ccc3c(c2)c(=O)c(C(=O)NCC(=O)O)cn3Cc2ccccc2)c1. The van der Waals surface area contributed by atoms with E-state index in [2.05, 4.69) is 5.32 Å². The first-order valence-electron chi connectivity index (χ1n) is 9.99. The summed E-state index contributed by atoms with van der Waals surface area (Å²) in [4.78, 5) is 36.7. The lowest BCUT2D eigenvalue weighted by Gasteiger charge is -2.15. The molecule has 4 aromatic rings. The normalized spacial score (nSPS) is 10.8. The number of rotatable bonds is 6. The number of pyridine rings is 1. The van der Waals surface area contributed by atoms with Gasteiger partial charge in [-0.15, -0.1) is 0 Å². The van der Waals surface area contributed by atoms with E-state index in [0.29, 0.717) is 23.1 Å². The highest BCUT2D eigenvalue weighted by molar-refractivity contribution is 5.99. The van der Waals surface area contributed by atoms with Gasteiger partial charge in [-0.2, -0.15) is 0 Å². The minimum Gasteiger partial charge on any atom is -0.480 e. The van der Waals surface area contributed by atoms with Gasteiger partial charge in [0.05, 0.1) is 5.52 Å². The highest BCUT2D eigenvalue weighted by atomic mass is 16.4. The molecule has 1 amide bonds. The van der Waals surface area contributed by atoms with Crippen LogP contribution in [0.4, 0.5) is 5.69 Å². The van der Waals surface area contributed by atoms with E-state index < -0.39 is 23.9 Å². The van der Waals surface area contributed by atoms with Crippen molar-refractivity contribution in [1.82, 2.24) is 9.88 Å². The van der Waals surface area contributed by atoms with Gasteiger partial charge in [-0.3, -0.25) is 14.4 Å². The van der Waals surface area contributed by atoms with Crippen LogP contribution in [0.15, 0.2) is 83.8 Å². The van der Waals surface area contributed by atoms with Gasteiger partial charge in [-0.25, -0.2) is 0 Å². The average Bonchev–Trinajstić information content (AvgIpc) is 2.79. The molecule has 1 heterocycles. The number of nitrogens with two attached hydrogens (primary N) is 1. The molecule has 0 aliphatic carbocycles. The second-order valence-electron chi connectivity index (χ2n) is 7.42. The third kappa shape index (κ3) is 4.37. The number of nitrogen functional groups attached to an aromatic ring is 1. The van der Waals surface area contributed by atoms with Crippen molar-refractivity contribution < 1.29 is 14.7 Å². The summed E-state index contributed by atoms with van der Waals surface area (Å²) in [6, 6.07) is 22.5. The predicted octanol–water partition coefficient (Wildman–Crippen LogP) is 3.11. The highest BCUT2D eigenvalue weighted by Crippen LogP contribution is 2.25. The maximum atomic E-state index is 13.2. The number of carbonyl (C=O) groups excluding carboxylic acids is 1. The number of fused-ring (bicyclic) bond motifs is 1. The molecule has 0 aliphatic heterocycles. The van der Waals surface area contributed by atoms with Gasteiger partial charge < -0.3 is 20.7 Å². The minimum atomic E-state index is -1.19. The first kappa shape index (κ1) is 20.9. The molecule has 7 heteroatoms. The van der Waals surface area contributed by atoms with Crippen molar-refractivity contribution in [2.45, 2.75) is 6.54 Å². The molecule has 0 spiro atoms. The van der Waals surface area contributed by atoms with Crippen molar-refractivity contribution in [1.29, 1.82) is 0 Å². The van der Waals surface area contributed by atoms with Gasteiger partial charge >= 0.3 is 5.97 Å². The van der Waals surface area contributed by atoms with Crippen LogP contribution in [0.25, 0.3) is 22.0 Å². The zero-order valence-corrected chi connectivity index (χ0v) is 17.1.